The van der Waals surface area contributed by atoms with Gasteiger partial charge >= 0.3 is 0 Å². The first kappa shape index (κ1) is 12.3. The third-order valence-corrected chi connectivity index (χ3v) is 2.04. The van der Waals surface area contributed by atoms with Gasteiger partial charge in [0.05, 0.1) is 6.61 Å². The molecule has 0 aliphatic carbocycles. The summed E-state index contributed by atoms with van der Waals surface area (Å²) < 4.78 is 0. The van der Waals surface area contributed by atoms with Crippen molar-refractivity contribution in [1.82, 2.24) is 5.32 Å². The van der Waals surface area contributed by atoms with Gasteiger partial charge in [-0.15, -0.1) is 0 Å². The van der Waals surface area contributed by atoms with Gasteiger partial charge in [0.1, 0.15) is 0 Å². The first-order valence-corrected chi connectivity index (χ1v) is 5.11. The highest BCUT2D eigenvalue weighted by Gasteiger charge is 2.04. The van der Waals surface area contributed by atoms with Gasteiger partial charge in [0, 0.05) is 24.6 Å². The number of amides is 1. The summed E-state index contributed by atoms with van der Waals surface area (Å²) in [5.74, 6) is 5.63. The number of carbonyl (C=O) groups excluding carboxylic acids is 1. The molecular weight excluding hydrogens is 202 g/mol. The van der Waals surface area contributed by atoms with E-state index < -0.39 is 0 Å². The Hall–Kier alpha value is -1.79. The Balaban J connectivity index is 3.00. The summed E-state index contributed by atoms with van der Waals surface area (Å²) in [6.07, 6.45) is 0.448. The molecule has 1 aromatic rings. The molecule has 0 unspecified atom stereocenters. The lowest BCUT2D eigenvalue weighted by Crippen LogP contribution is -2.17. The normalized spacial score (nSPS) is 9.19. The van der Waals surface area contributed by atoms with Crippen LogP contribution in [0.2, 0.25) is 0 Å². The van der Waals surface area contributed by atoms with Crippen LogP contribution in [0.3, 0.4) is 0 Å². The molecule has 0 aliphatic rings. The number of rotatable bonds is 2. The van der Waals surface area contributed by atoms with Crippen LogP contribution in [-0.2, 0) is 0 Å². The minimum Gasteiger partial charge on any atom is -0.395 e. The zero-order chi connectivity index (χ0) is 12.0. The summed E-state index contributed by atoms with van der Waals surface area (Å²) >= 11 is 0. The molecular formula is C13H15NO2. The van der Waals surface area contributed by atoms with Crippen LogP contribution in [0.25, 0.3) is 0 Å². The Morgan fingerprint density at radius 1 is 1.44 bits per heavy atom. The summed E-state index contributed by atoms with van der Waals surface area (Å²) in [5, 5.41) is 11.2. The summed E-state index contributed by atoms with van der Waals surface area (Å²) in [7, 11) is 1.60. The van der Waals surface area contributed by atoms with E-state index in [4.69, 9.17) is 5.11 Å². The standard InChI is InChI=1S/C13H15NO2/c1-10-7-11(5-3-4-6-15)9-12(8-10)13(16)14-2/h7-9,15H,4,6H2,1-2H3,(H,14,16). The van der Waals surface area contributed by atoms with E-state index in [1.165, 1.54) is 0 Å². The van der Waals surface area contributed by atoms with Crippen LogP contribution < -0.4 is 5.32 Å². The molecule has 1 aromatic carbocycles. The third kappa shape index (κ3) is 3.41. The lowest BCUT2D eigenvalue weighted by molar-refractivity contribution is 0.0963. The van der Waals surface area contributed by atoms with Gasteiger partial charge in [-0.25, -0.2) is 0 Å². The molecule has 0 spiro atoms. The molecule has 0 heterocycles. The average Bonchev–Trinajstić information content (AvgIpc) is 2.27. The van der Waals surface area contributed by atoms with E-state index in [0.717, 1.165) is 11.1 Å². The van der Waals surface area contributed by atoms with E-state index in [9.17, 15) is 4.79 Å². The van der Waals surface area contributed by atoms with Crippen LogP contribution in [0.15, 0.2) is 18.2 Å². The van der Waals surface area contributed by atoms with Crippen LogP contribution >= 0.6 is 0 Å². The molecule has 0 atom stereocenters. The predicted octanol–water partition coefficient (Wildman–Crippen LogP) is 1.09. The van der Waals surface area contributed by atoms with Crippen LogP contribution in [0, 0.1) is 18.8 Å². The maximum atomic E-state index is 11.4. The summed E-state index contributed by atoms with van der Waals surface area (Å²) in [4.78, 5) is 11.4. The summed E-state index contributed by atoms with van der Waals surface area (Å²) in [6, 6.07) is 5.48. The lowest BCUT2D eigenvalue weighted by Gasteiger charge is -2.02. The smallest absolute Gasteiger partial charge is 0.251 e. The number of aliphatic hydroxyl groups is 1. The first-order valence-electron chi connectivity index (χ1n) is 5.11. The Labute approximate surface area is 95.5 Å². The van der Waals surface area contributed by atoms with E-state index in [1.807, 2.05) is 19.1 Å². The highest BCUT2D eigenvalue weighted by atomic mass is 16.2. The van der Waals surface area contributed by atoms with E-state index in [-0.39, 0.29) is 12.5 Å². The minimum absolute atomic E-state index is 0.0567. The van der Waals surface area contributed by atoms with Gasteiger partial charge in [-0.05, 0) is 30.7 Å². The Morgan fingerprint density at radius 3 is 2.81 bits per heavy atom. The second-order valence-corrected chi connectivity index (χ2v) is 3.44. The van der Waals surface area contributed by atoms with Crippen molar-refractivity contribution in [1.29, 1.82) is 0 Å². The fraction of sp³-hybridized carbons (Fsp3) is 0.308. The van der Waals surface area contributed by atoms with Crippen LogP contribution in [0.5, 0.6) is 0 Å². The quantitative estimate of drug-likeness (QED) is 0.728. The van der Waals surface area contributed by atoms with Crippen LogP contribution in [0.4, 0.5) is 0 Å². The summed E-state index contributed by atoms with van der Waals surface area (Å²) in [6.45, 7) is 1.98. The van der Waals surface area contributed by atoms with Gasteiger partial charge in [0.15, 0.2) is 0 Å². The van der Waals surface area contributed by atoms with Gasteiger partial charge < -0.3 is 10.4 Å². The average molecular weight is 217 g/mol. The molecule has 0 saturated heterocycles. The fourth-order valence-electron chi connectivity index (χ4n) is 1.35. The number of nitrogens with one attached hydrogen (secondary N) is 1. The molecule has 0 saturated carbocycles. The highest BCUT2D eigenvalue weighted by Crippen LogP contribution is 2.08. The number of hydrogen-bond acceptors (Lipinski definition) is 2. The Morgan fingerprint density at radius 2 is 2.19 bits per heavy atom. The predicted molar refractivity (Wildman–Crippen MR) is 63.2 cm³/mol. The zero-order valence-corrected chi connectivity index (χ0v) is 9.50. The molecule has 0 fully saturated rings. The molecule has 1 rings (SSSR count). The SMILES string of the molecule is CNC(=O)c1cc(C)cc(C#CCCO)c1. The maximum absolute atomic E-state index is 11.4. The van der Waals surface area contributed by atoms with Crippen molar-refractivity contribution in [3.63, 3.8) is 0 Å². The second kappa shape index (κ2) is 5.94. The largest absolute Gasteiger partial charge is 0.395 e. The maximum Gasteiger partial charge on any atom is 0.251 e. The first-order chi connectivity index (χ1) is 7.67. The molecule has 0 bridgehead atoms. The van der Waals surface area contributed by atoms with E-state index in [0.29, 0.717) is 12.0 Å². The summed E-state index contributed by atoms with van der Waals surface area (Å²) in [5.41, 5.74) is 2.40. The number of aryl methyl sites for hydroxylation is 1. The molecule has 0 aliphatic heterocycles. The molecule has 3 heteroatoms. The van der Waals surface area contributed by atoms with Crippen LogP contribution in [0.1, 0.15) is 27.9 Å². The van der Waals surface area contributed by atoms with Crippen molar-refractivity contribution in [3.8, 4) is 11.8 Å². The Bertz CT molecular complexity index is 441. The van der Waals surface area contributed by atoms with Crippen molar-refractivity contribution in [2.24, 2.45) is 0 Å². The van der Waals surface area contributed by atoms with Crippen molar-refractivity contribution < 1.29 is 9.90 Å². The van der Waals surface area contributed by atoms with Gasteiger partial charge in [-0.2, -0.15) is 0 Å². The van der Waals surface area contributed by atoms with Gasteiger partial charge in [0.25, 0.3) is 5.91 Å². The number of hydrogen-bond donors (Lipinski definition) is 2. The van der Waals surface area contributed by atoms with Gasteiger partial charge in [-0.1, -0.05) is 11.8 Å². The minimum atomic E-state index is -0.117. The van der Waals surface area contributed by atoms with Gasteiger partial charge in [0.2, 0.25) is 0 Å². The Kier molecular flexibility index (Phi) is 4.56. The fourth-order valence-corrected chi connectivity index (χ4v) is 1.35. The van der Waals surface area contributed by atoms with E-state index >= 15 is 0 Å². The molecule has 2 N–H and O–H groups in total. The molecule has 0 aromatic heterocycles. The van der Waals surface area contributed by atoms with E-state index in [1.54, 1.807) is 13.1 Å². The number of aliphatic hydroxyl groups excluding tert-OH is 1. The lowest BCUT2D eigenvalue weighted by atomic mass is 10.1. The topological polar surface area (TPSA) is 49.3 Å². The third-order valence-electron chi connectivity index (χ3n) is 2.04. The molecule has 3 nitrogen and oxygen atoms in total. The number of benzene rings is 1. The second-order valence-electron chi connectivity index (χ2n) is 3.44. The van der Waals surface area contributed by atoms with Crippen molar-refractivity contribution in [3.05, 3.63) is 34.9 Å². The zero-order valence-electron chi connectivity index (χ0n) is 9.50. The molecule has 16 heavy (non-hydrogen) atoms. The molecule has 0 radical (unpaired) electrons. The van der Waals surface area contributed by atoms with E-state index in [2.05, 4.69) is 17.2 Å². The van der Waals surface area contributed by atoms with Crippen molar-refractivity contribution in [2.45, 2.75) is 13.3 Å². The number of carbonyl (C=O) groups is 1. The molecule has 1 amide bonds. The van der Waals surface area contributed by atoms with Gasteiger partial charge in [-0.3, -0.25) is 4.79 Å². The monoisotopic (exact) mass is 217 g/mol. The van der Waals surface area contributed by atoms with Crippen molar-refractivity contribution >= 4 is 5.91 Å². The molecule has 84 valence electrons. The highest BCUT2D eigenvalue weighted by molar-refractivity contribution is 5.94. The van der Waals surface area contributed by atoms with Crippen LogP contribution in [-0.4, -0.2) is 24.7 Å². The van der Waals surface area contributed by atoms with Crippen molar-refractivity contribution in [2.75, 3.05) is 13.7 Å².